The van der Waals surface area contributed by atoms with E-state index in [0.29, 0.717) is 6.54 Å². The molecular weight excluding hydrogens is 320 g/mol. The molecule has 0 unspecified atom stereocenters. The van der Waals surface area contributed by atoms with Crippen molar-refractivity contribution < 1.29 is 0 Å². The van der Waals surface area contributed by atoms with Gasteiger partial charge >= 0.3 is 0 Å². The molecule has 3 N–H and O–H groups in total. The van der Waals surface area contributed by atoms with Crippen molar-refractivity contribution in [2.45, 2.75) is 45.7 Å². The van der Waals surface area contributed by atoms with Crippen LogP contribution in [0.1, 0.15) is 37.8 Å². The van der Waals surface area contributed by atoms with Gasteiger partial charge in [0.15, 0.2) is 0 Å². The number of rotatable bonds is 2. The molecule has 0 saturated carbocycles. The van der Waals surface area contributed by atoms with Crippen LogP contribution in [-0.2, 0) is 6.54 Å². The molecule has 0 amide bonds. The molecule has 2 heterocycles. The molecule has 0 radical (unpaired) electrons. The van der Waals surface area contributed by atoms with Gasteiger partial charge in [0.2, 0.25) is 0 Å². The van der Waals surface area contributed by atoms with E-state index in [-0.39, 0.29) is 5.54 Å². The summed E-state index contributed by atoms with van der Waals surface area (Å²) in [6.45, 7) is 8.85. The summed E-state index contributed by atoms with van der Waals surface area (Å²) < 4.78 is 0. The first-order valence-corrected chi connectivity index (χ1v) is 9.71. The second-order valence-electron chi connectivity index (χ2n) is 6.78. The van der Waals surface area contributed by atoms with Gasteiger partial charge in [0, 0.05) is 0 Å². The zero-order valence-electron chi connectivity index (χ0n) is 16.1. The number of aliphatic imine (C=N–C) groups is 1. The second-order valence-corrected chi connectivity index (χ2v) is 6.78. The predicted molar refractivity (Wildman–Crippen MR) is 112 cm³/mol. The number of amidine groups is 1. The monoisotopic (exact) mass is 350 g/mol. The van der Waals surface area contributed by atoms with Crippen molar-refractivity contribution in [1.29, 1.82) is 0 Å². The Morgan fingerprint density at radius 2 is 1.58 bits per heavy atom. The molecule has 4 heteroatoms. The molecule has 0 atom stereocenters. The lowest BCUT2D eigenvalue weighted by atomic mass is 9.84. The molecule has 26 heavy (non-hydrogen) atoms. The Bertz CT molecular complexity index is 743. The van der Waals surface area contributed by atoms with Gasteiger partial charge in [-0.2, -0.15) is 0 Å². The van der Waals surface area contributed by atoms with E-state index in [9.17, 15) is 0 Å². The summed E-state index contributed by atoms with van der Waals surface area (Å²) in [5, 5.41) is 10.8. The van der Waals surface area contributed by atoms with Crippen LogP contribution in [0.5, 0.6) is 0 Å². The topological polar surface area (TPSA) is 48.5 Å². The van der Waals surface area contributed by atoms with Gasteiger partial charge in [0.05, 0.1) is 23.5 Å². The molecule has 0 aliphatic carbocycles. The van der Waals surface area contributed by atoms with E-state index in [2.05, 4.69) is 71.4 Å². The van der Waals surface area contributed by atoms with Crippen LogP contribution in [0.2, 0.25) is 0 Å². The van der Waals surface area contributed by atoms with Crippen LogP contribution in [0.15, 0.2) is 53.5 Å². The van der Waals surface area contributed by atoms with Gasteiger partial charge in [-0.15, -0.1) is 0 Å². The minimum atomic E-state index is -0.0791. The maximum Gasteiger partial charge on any atom is 0.127 e. The number of nitrogens with zero attached hydrogens (tertiary/aromatic N) is 1. The highest BCUT2D eigenvalue weighted by Gasteiger charge is 2.40. The summed E-state index contributed by atoms with van der Waals surface area (Å²) in [4.78, 5) is 4.97. The summed E-state index contributed by atoms with van der Waals surface area (Å²) in [6, 6.07) is 17.0. The summed E-state index contributed by atoms with van der Waals surface area (Å²) >= 11 is 0. The molecule has 2 aliphatic rings. The SMILES string of the molecule is CC.Cc1ccc(CN=C2Nc3ccccc3NC23CCNCC3)cc1. The molecule has 1 spiro atoms. The van der Waals surface area contributed by atoms with Crippen LogP contribution in [0.25, 0.3) is 0 Å². The quantitative estimate of drug-likeness (QED) is 0.743. The fraction of sp³-hybridized carbons (Fsp3) is 0.409. The van der Waals surface area contributed by atoms with Crippen molar-refractivity contribution in [3.63, 3.8) is 0 Å². The number of hydrogen-bond donors (Lipinski definition) is 3. The molecule has 2 aromatic carbocycles. The summed E-state index contributed by atoms with van der Waals surface area (Å²) in [5.41, 5.74) is 4.74. The first kappa shape index (κ1) is 18.5. The van der Waals surface area contributed by atoms with Crippen molar-refractivity contribution >= 4 is 17.2 Å². The smallest absolute Gasteiger partial charge is 0.127 e. The van der Waals surface area contributed by atoms with Gasteiger partial charge in [0.1, 0.15) is 5.84 Å². The highest BCUT2D eigenvalue weighted by Crippen LogP contribution is 2.35. The molecule has 0 bridgehead atoms. The van der Waals surface area contributed by atoms with Crippen molar-refractivity contribution in [1.82, 2.24) is 5.32 Å². The Labute approximate surface area is 157 Å². The van der Waals surface area contributed by atoms with E-state index in [0.717, 1.165) is 37.5 Å². The van der Waals surface area contributed by atoms with E-state index in [1.165, 1.54) is 16.8 Å². The number of nitrogens with one attached hydrogen (secondary N) is 3. The van der Waals surface area contributed by atoms with E-state index >= 15 is 0 Å². The lowest BCUT2D eigenvalue weighted by Crippen LogP contribution is -2.57. The van der Waals surface area contributed by atoms with Crippen molar-refractivity contribution in [3.05, 3.63) is 59.7 Å². The van der Waals surface area contributed by atoms with Gasteiger partial charge in [-0.05, 0) is 50.6 Å². The molecule has 4 rings (SSSR count). The Morgan fingerprint density at radius 3 is 2.27 bits per heavy atom. The van der Waals surface area contributed by atoms with Gasteiger partial charge in [-0.3, -0.25) is 4.99 Å². The molecule has 0 aromatic heterocycles. The van der Waals surface area contributed by atoms with Crippen LogP contribution < -0.4 is 16.0 Å². The number of aryl methyl sites for hydroxylation is 1. The molecule has 1 fully saturated rings. The Balaban J connectivity index is 0.000000948. The van der Waals surface area contributed by atoms with E-state index in [1.807, 2.05) is 13.8 Å². The molecule has 2 aromatic rings. The van der Waals surface area contributed by atoms with Crippen molar-refractivity contribution in [3.8, 4) is 0 Å². The zero-order valence-corrected chi connectivity index (χ0v) is 16.1. The highest BCUT2D eigenvalue weighted by molar-refractivity contribution is 6.09. The van der Waals surface area contributed by atoms with Gasteiger partial charge in [0.25, 0.3) is 0 Å². The normalized spacial score (nSPS) is 19.0. The minimum absolute atomic E-state index is 0.0791. The number of anilines is 2. The molecular formula is C22H30N4. The zero-order chi connectivity index (χ0) is 18.4. The maximum absolute atomic E-state index is 4.97. The number of piperidine rings is 1. The number of hydrogen-bond acceptors (Lipinski definition) is 3. The van der Waals surface area contributed by atoms with E-state index in [4.69, 9.17) is 4.99 Å². The Kier molecular flexibility index (Phi) is 5.94. The predicted octanol–water partition coefficient (Wildman–Crippen LogP) is 4.58. The van der Waals surface area contributed by atoms with E-state index in [1.54, 1.807) is 0 Å². The van der Waals surface area contributed by atoms with Crippen molar-refractivity contribution in [2.75, 3.05) is 23.7 Å². The Morgan fingerprint density at radius 1 is 0.923 bits per heavy atom. The summed E-state index contributed by atoms with van der Waals surface area (Å²) in [6.07, 6.45) is 2.09. The first-order chi connectivity index (χ1) is 12.8. The van der Waals surface area contributed by atoms with Gasteiger partial charge in [-0.1, -0.05) is 55.8 Å². The molecule has 138 valence electrons. The fourth-order valence-corrected chi connectivity index (χ4v) is 3.54. The number of para-hydroxylation sites is 2. The van der Waals surface area contributed by atoms with Crippen LogP contribution in [0, 0.1) is 6.92 Å². The average Bonchev–Trinajstić information content (AvgIpc) is 2.70. The third-order valence-corrected chi connectivity index (χ3v) is 5.00. The third-order valence-electron chi connectivity index (χ3n) is 5.00. The first-order valence-electron chi connectivity index (χ1n) is 9.71. The standard InChI is InChI=1S/C20H24N4.C2H6/c1-15-6-8-16(9-7-15)14-22-19-20(10-12-21-13-11-20)24-18-5-3-2-4-17(18)23-19;1-2/h2-9,21,24H,10-14H2,1H3,(H,22,23);1-2H3. The number of benzene rings is 2. The van der Waals surface area contributed by atoms with Crippen molar-refractivity contribution in [2.24, 2.45) is 4.99 Å². The van der Waals surface area contributed by atoms with E-state index < -0.39 is 0 Å². The minimum Gasteiger partial charge on any atom is -0.371 e. The van der Waals surface area contributed by atoms with Gasteiger partial charge < -0.3 is 16.0 Å². The summed E-state index contributed by atoms with van der Waals surface area (Å²) in [5.74, 6) is 1.07. The molecule has 2 aliphatic heterocycles. The average molecular weight is 351 g/mol. The maximum atomic E-state index is 4.97. The second kappa shape index (κ2) is 8.37. The lowest BCUT2D eigenvalue weighted by Gasteiger charge is -2.44. The lowest BCUT2D eigenvalue weighted by molar-refractivity contribution is 0.419. The largest absolute Gasteiger partial charge is 0.371 e. The van der Waals surface area contributed by atoms with Crippen LogP contribution in [-0.4, -0.2) is 24.5 Å². The van der Waals surface area contributed by atoms with Crippen LogP contribution >= 0.6 is 0 Å². The van der Waals surface area contributed by atoms with Crippen LogP contribution in [0.4, 0.5) is 11.4 Å². The molecule has 1 saturated heterocycles. The fourth-order valence-electron chi connectivity index (χ4n) is 3.54. The number of fused-ring (bicyclic) bond motifs is 1. The highest BCUT2D eigenvalue weighted by atomic mass is 15.2. The molecule has 4 nitrogen and oxygen atoms in total. The van der Waals surface area contributed by atoms with Crippen LogP contribution in [0.3, 0.4) is 0 Å². The van der Waals surface area contributed by atoms with Gasteiger partial charge in [-0.25, -0.2) is 0 Å². The third kappa shape index (κ3) is 3.91. The Hall–Kier alpha value is -2.33. The summed E-state index contributed by atoms with van der Waals surface area (Å²) in [7, 11) is 0.